The van der Waals surface area contributed by atoms with Crippen molar-refractivity contribution in [2.24, 2.45) is 5.92 Å². The Morgan fingerprint density at radius 2 is 2.18 bits per heavy atom. The quantitative estimate of drug-likeness (QED) is 0.654. The second kappa shape index (κ2) is 3.36. The smallest absolute Gasteiger partial charge is 0.0642 e. The lowest BCUT2D eigenvalue weighted by Crippen LogP contribution is -2.49. The monoisotopic (exact) mass is 173 g/mol. The summed E-state index contributed by atoms with van der Waals surface area (Å²) in [5.74, 6) is 0.718. The highest BCUT2D eigenvalue weighted by Gasteiger charge is 2.33. The Kier molecular flexibility index (Phi) is 2.87. The summed E-state index contributed by atoms with van der Waals surface area (Å²) in [5.41, 5.74) is 0. The van der Waals surface area contributed by atoms with E-state index in [4.69, 9.17) is 0 Å². The minimum absolute atomic E-state index is 0.317. The van der Waals surface area contributed by atoms with Gasteiger partial charge in [0.05, 0.1) is 4.87 Å². The fourth-order valence-corrected chi connectivity index (χ4v) is 2.91. The van der Waals surface area contributed by atoms with Crippen LogP contribution in [-0.2, 0) is 0 Å². The first-order valence-electron chi connectivity index (χ1n) is 4.47. The number of hydrogen-bond donors (Lipinski definition) is 1. The van der Waals surface area contributed by atoms with Crippen molar-refractivity contribution in [3.05, 3.63) is 0 Å². The summed E-state index contributed by atoms with van der Waals surface area (Å²) in [6.45, 7) is 10.4. The Morgan fingerprint density at radius 3 is 2.55 bits per heavy atom. The van der Waals surface area contributed by atoms with Crippen LogP contribution in [0.3, 0.4) is 0 Å². The van der Waals surface area contributed by atoms with Crippen LogP contribution in [0, 0.1) is 5.92 Å². The minimum Gasteiger partial charge on any atom is -0.303 e. The van der Waals surface area contributed by atoms with Crippen molar-refractivity contribution < 1.29 is 0 Å². The van der Waals surface area contributed by atoms with Crippen LogP contribution in [0.25, 0.3) is 0 Å². The van der Waals surface area contributed by atoms with Crippen LogP contribution in [0.4, 0.5) is 0 Å². The summed E-state index contributed by atoms with van der Waals surface area (Å²) in [4.78, 5) is 0.317. The van der Waals surface area contributed by atoms with Crippen molar-refractivity contribution in [3.63, 3.8) is 0 Å². The molecule has 1 nitrogen and oxygen atoms in total. The van der Waals surface area contributed by atoms with Gasteiger partial charge in [-0.25, -0.2) is 0 Å². The first-order valence-corrected chi connectivity index (χ1v) is 5.35. The fraction of sp³-hybridized carbons (Fsp3) is 1.00. The molecule has 2 unspecified atom stereocenters. The molecule has 2 heteroatoms. The number of rotatable bonds is 1. The van der Waals surface area contributed by atoms with E-state index in [-0.39, 0.29) is 0 Å². The Balaban J connectivity index is 2.55. The summed E-state index contributed by atoms with van der Waals surface area (Å²) < 4.78 is 0. The second-order valence-corrected chi connectivity index (χ2v) is 5.79. The summed E-state index contributed by atoms with van der Waals surface area (Å²) in [6, 6.07) is 0. The molecule has 1 heterocycles. The van der Waals surface area contributed by atoms with Crippen LogP contribution in [-0.4, -0.2) is 16.7 Å². The molecule has 1 aliphatic heterocycles. The fourth-order valence-electron chi connectivity index (χ4n) is 1.38. The van der Waals surface area contributed by atoms with E-state index in [0.717, 1.165) is 11.2 Å². The molecule has 11 heavy (non-hydrogen) atoms. The normalized spacial score (nSPS) is 39.5. The van der Waals surface area contributed by atoms with Gasteiger partial charge in [0.2, 0.25) is 0 Å². The van der Waals surface area contributed by atoms with E-state index in [1.54, 1.807) is 0 Å². The molecule has 1 fully saturated rings. The number of hydrogen-bond acceptors (Lipinski definition) is 2. The molecule has 1 N–H and O–H groups in total. The molecule has 0 spiro atoms. The van der Waals surface area contributed by atoms with Gasteiger partial charge in [0.15, 0.2) is 0 Å². The van der Waals surface area contributed by atoms with Gasteiger partial charge in [-0.3, -0.25) is 0 Å². The van der Waals surface area contributed by atoms with E-state index >= 15 is 0 Å². The molecule has 1 saturated heterocycles. The summed E-state index contributed by atoms with van der Waals surface area (Å²) in [5, 5.41) is 4.41. The van der Waals surface area contributed by atoms with Crippen LogP contribution < -0.4 is 5.32 Å². The molecular weight excluding hydrogens is 154 g/mol. The maximum atomic E-state index is 3.59. The summed E-state index contributed by atoms with van der Waals surface area (Å²) >= 11 is 2.09. The lowest BCUT2D eigenvalue weighted by molar-refractivity contribution is 0.368. The highest BCUT2D eigenvalue weighted by Crippen LogP contribution is 2.37. The predicted octanol–water partition coefficient (Wildman–Crippen LogP) is 2.47. The molecule has 66 valence electrons. The number of nitrogens with one attached hydrogen (secondary N) is 1. The first kappa shape index (κ1) is 9.40. The van der Waals surface area contributed by atoms with Crippen molar-refractivity contribution in [1.29, 1.82) is 0 Å². The van der Waals surface area contributed by atoms with Gasteiger partial charge in [-0.1, -0.05) is 20.8 Å². The van der Waals surface area contributed by atoms with E-state index in [1.807, 2.05) is 0 Å². The average Bonchev–Trinajstić information content (AvgIpc) is 1.86. The molecule has 0 aromatic heterocycles. The molecule has 0 radical (unpaired) electrons. The van der Waals surface area contributed by atoms with Crippen LogP contribution >= 0.6 is 11.8 Å². The standard InChI is InChI=1S/C9H19NS/c1-7(2)9(4)10-6-5-8(3)11-9/h7-8,10H,5-6H2,1-4H3. The molecule has 1 rings (SSSR count). The van der Waals surface area contributed by atoms with Crippen molar-refractivity contribution >= 4 is 11.8 Å². The average molecular weight is 173 g/mol. The van der Waals surface area contributed by atoms with Crippen LogP contribution in [0.2, 0.25) is 0 Å². The van der Waals surface area contributed by atoms with Crippen molar-refractivity contribution in [1.82, 2.24) is 5.32 Å². The minimum atomic E-state index is 0.317. The Bertz CT molecular complexity index is 136. The van der Waals surface area contributed by atoms with Crippen LogP contribution in [0.1, 0.15) is 34.1 Å². The van der Waals surface area contributed by atoms with Crippen molar-refractivity contribution in [2.45, 2.75) is 44.2 Å². The van der Waals surface area contributed by atoms with Gasteiger partial charge < -0.3 is 5.32 Å². The summed E-state index contributed by atoms with van der Waals surface area (Å²) in [7, 11) is 0. The predicted molar refractivity (Wildman–Crippen MR) is 52.9 cm³/mol. The van der Waals surface area contributed by atoms with Crippen LogP contribution in [0.5, 0.6) is 0 Å². The molecule has 1 aliphatic rings. The van der Waals surface area contributed by atoms with E-state index in [0.29, 0.717) is 4.87 Å². The number of thioether (sulfide) groups is 1. The molecule has 0 amide bonds. The second-order valence-electron chi connectivity index (χ2n) is 3.91. The lowest BCUT2D eigenvalue weighted by Gasteiger charge is -2.40. The molecule has 0 aromatic rings. The zero-order valence-corrected chi connectivity index (χ0v) is 8.79. The van der Waals surface area contributed by atoms with Gasteiger partial charge in [-0.15, -0.1) is 11.8 Å². The molecular formula is C9H19NS. The Labute approximate surface area is 74.3 Å². The Hall–Kier alpha value is 0.310. The first-order chi connectivity index (χ1) is 5.04. The topological polar surface area (TPSA) is 12.0 Å². The Morgan fingerprint density at radius 1 is 1.55 bits per heavy atom. The van der Waals surface area contributed by atoms with E-state index < -0.39 is 0 Å². The highest BCUT2D eigenvalue weighted by molar-refractivity contribution is 8.01. The maximum absolute atomic E-state index is 3.59. The zero-order valence-electron chi connectivity index (χ0n) is 7.98. The van der Waals surface area contributed by atoms with E-state index in [2.05, 4.69) is 44.8 Å². The van der Waals surface area contributed by atoms with Gasteiger partial charge in [0.1, 0.15) is 0 Å². The van der Waals surface area contributed by atoms with Gasteiger partial charge >= 0.3 is 0 Å². The molecule has 0 bridgehead atoms. The van der Waals surface area contributed by atoms with Gasteiger partial charge in [-0.05, 0) is 25.8 Å². The summed E-state index contributed by atoms with van der Waals surface area (Å²) in [6.07, 6.45) is 1.31. The molecule has 0 saturated carbocycles. The lowest BCUT2D eigenvalue weighted by atomic mass is 10.1. The van der Waals surface area contributed by atoms with Crippen molar-refractivity contribution in [2.75, 3.05) is 6.54 Å². The van der Waals surface area contributed by atoms with E-state index in [1.165, 1.54) is 13.0 Å². The largest absolute Gasteiger partial charge is 0.303 e. The third-order valence-electron chi connectivity index (χ3n) is 2.57. The molecule has 0 aliphatic carbocycles. The zero-order chi connectivity index (χ0) is 8.48. The third-order valence-corrected chi connectivity index (χ3v) is 4.32. The SMILES string of the molecule is CC1CCNC(C)(C(C)C)S1. The molecule has 2 atom stereocenters. The van der Waals surface area contributed by atoms with Gasteiger partial charge in [-0.2, -0.15) is 0 Å². The van der Waals surface area contributed by atoms with E-state index in [9.17, 15) is 0 Å². The van der Waals surface area contributed by atoms with Gasteiger partial charge in [0.25, 0.3) is 0 Å². The molecule has 0 aromatic carbocycles. The van der Waals surface area contributed by atoms with Crippen molar-refractivity contribution in [3.8, 4) is 0 Å². The highest BCUT2D eigenvalue weighted by atomic mass is 32.2. The van der Waals surface area contributed by atoms with Crippen LogP contribution in [0.15, 0.2) is 0 Å². The third kappa shape index (κ3) is 2.12. The maximum Gasteiger partial charge on any atom is 0.0642 e. The van der Waals surface area contributed by atoms with Gasteiger partial charge in [0, 0.05) is 5.25 Å².